The van der Waals surface area contributed by atoms with E-state index in [-0.39, 0.29) is 5.75 Å². The number of halogens is 1. The molecule has 0 unspecified atom stereocenters. The van der Waals surface area contributed by atoms with Gasteiger partial charge in [0, 0.05) is 6.07 Å². The normalized spacial score (nSPS) is 9.75. The van der Waals surface area contributed by atoms with Crippen molar-refractivity contribution in [3.05, 3.63) is 53.8 Å². The molecule has 0 aliphatic heterocycles. The molecular formula is C13H8FNO. The number of hydrogen-bond donors (Lipinski definition) is 1. The summed E-state index contributed by atoms with van der Waals surface area (Å²) in [5.74, 6) is -0.598. The van der Waals surface area contributed by atoms with Gasteiger partial charge >= 0.3 is 0 Å². The first-order valence-corrected chi connectivity index (χ1v) is 4.69. The molecule has 2 aromatic carbocycles. The zero-order chi connectivity index (χ0) is 11.5. The van der Waals surface area contributed by atoms with Crippen LogP contribution < -0.4 is 0 Å². The van der Waals surface area contributed by atoms with Gasteiger partial charge in [-0.3, -0.25) is 0 Å². The van der Waals surface area contributed by atoms with Crippen LogP contribution in [0.5, 0.6) is 5.75 Å². The van der Waals surface area contributed by atoms with Crippen LogP contribution in [0.15, 0.2) is 42.5 Å². The lowest BCUT2D eigenvalue weighted by Crippen LogP contribution is -1.81. The van der Waals surface area contributed by atoms with Crippen LogP contribution in [0.25, 0.3) is 11.1 Å². The smallest absolute Gasteiger partial charge is 0.127 e. The number of benzene rings is 2. The number of phenolic OH excluding ortho intramolecular Hbond substituents is 1. The highest BCUT2D eigenvalue weighted by atomic mass is 19.1. The highest BCUT2D eigenvalue weighted by Gasteiger charge is 2.02. The van der Waals surface area contributed by atoms with E-state index in [0.717, 1.165) is 11.6 Å². The van der Waals surface area contributed by atoms with Gasteiger partial charge in [0.15, 0.2) is 0 Å². The topological polar surface area (TPSA) is 44.0 Å². The Hall–Kier alpha value is -2.34. The largest absolute Gasteiger partial charge is 0.508 e. The molecule has 2 rings (SSSR count). The van der Waals surface area contributed by atoms with Crippen LogP contribution in [0.4, 0.5) is 4.39 Å². The average molecular weight is 213 g/mol. The van der Waals surface area contributed by atoms with E-state index in [4.69, 9.17) is 5.26 Å². The van der Waals surface area contributed by atoms with Gasteiger partial charge in [0.05, 0.1) is 11.6 Å². The zero-order valence-corrected chi connectivity index (χ0v) is 8.31. The van der Waals surface area contributed by atoms with E-state index in [1.165, 1.54) is 12.1 Å². The molecule has 2 aromatic rings. The molecule has 78 valence electrons. The van der Waals surface area contributed by atoms with Crippen molar-refractivity contribution in [1.29, 1.82) is 5.26 Å². The highest BCUT2D eigenvalue weighted by Crippen LogP contribution is 2.24. The van der Waals surface area contributed by atoms with Crippen molar-refractivity contribution >= 4 is 0 Å². The Balaban J connectivity index is 2.47. The minimum atomic E-state index is -0.487. The second kappa shape index (κ2) is 4.03. The molecule has 0 atom stereocenters. The molecular weight excluding hydrogens is 205 g/mol. The van der Waals surface area contributed by atoms with Crippen molar-refractivity contribution in [2.24, 2.45) is 0 Å². The van der Waals surface area contributed by atoms with Gasteiger partial charge in [-0.15, -0.1) is 0 Å². The van der Waals surface area contributed by atoms with E-state index in [2.05, 4.69) is 0 Å². The van der Waals surface area contributed by atoms with Crippen molar-refractivity contribution in [2.45, 2.75) is 0 Å². The molecule has 0 radical (unpaired) electrons. The van der Waals surface area contributed by atoms with Gasteiger partial charge < -0.3 is 5.11 Å². The summed E-state index contributed by atoms with van der Waals surface area (Å²) in [5.41, 5.74) is 1.89. The number of aromatic hydroxyl groups is 1. The first-order valence-electron chi connectivity index (χ1n) is 4.69. The fourth-order valence-electron chi connectivity index (χ4n) is 1.48. The van der Waals surface area contributed by atoms with E-state index >= 15 is 0 Å². The fraction of sp³-hybridized carbons (Fsp3) is 0. The summed E-state index contributed by atoms with van der Waals surface area (Å²) >= 11 is 0. The van der Waals surface area contributed by atoms with Crippen LogP contribution in [-0.2, 0) is 0 Å². The lowest BCUT2D eigenvalue weighted by molar-refractivity contribution is 0.469. The van der Waals surface area contributed by atoms with E-state index in [1.54, 1.807) is 24.3 Å². The van der Waals surface area contributed by atoms with Crippen LogP contribution in [0.3, 0.4) is 0 Å². The molecule has 0 saturated carbocycles. The number of nitriles is 1. The number of nitrogens with zero attached hydrogens (tertiary/aromatic N) is 1. The monoisotopic (exact) mass is 213 g/mol. The Morgan fingerprint density at radius 2 is 1.69 bits per heavy atom. The Morgan fingerprint density at radius 1 is 1.00 bits per heavy atom. The van der Waals surface area contributed by atoms with Crippen LogP contribution >= 0.6 is 0 Å². The Bertz CT molecular complexity index is 535. The molecule has 1 N–H and O–H groups in total. The summed E-state index contributed by atoms with van der Waals surface area (Å²) in [4.78, 5) is 0. The minimum absolute atomic E-state index is 0.112. The molecule has 0 fully saturated rings. The van der Waals surface area contributed by atoms with E-state index in [0.29, 0.717) is 11.1 Å². The molecule has 0 saturated heterocycles. The second-order valence-corrected chi connectivity index (χ2v) is 3.39. The van der Waals surface area contributed by atoms with Gasteiger partial charge in [0.25, 0.3) is 0 Å². The molecule has 0 amide bonds. The molecule has 0 heterocycles. The van der Waals surface area contributed by atoms with Gasteiger partial charge in [0.2, 0.25) is 0 Å². The third kappa shape index (κ3) is 2.01. The van der Waals surface area contributed by atoms with Crippen molar-refractivity contribution in [1.82, 2.24) is 0 Å². The summed E-state index contributed by atoms with van der Waals surface area (Å²) in [7, 11) is 0. The molecule has 0 spiro atoms. The number of rotatable bonds is 1. The van der Waals surface area contributed by atoms with Crippen molar-refractivity contribution in [3.8, 4) is 22.9 Å². The Kier molecular flexibility index (Phi) is 2.57. The van der Waals surface area contributed by atoms with Gasteiger partial charge in [-0.05, 0) is 35.4 Å². The number of phenols is 1. The van der Waals surface area contributed by atoms with Crippen LogP contribution in [0.2, 0.25) is 0 Å². The van der Waals surface area contributed by atoms with Crippen molar-refractivity contribution in [2.75, 3.05) is 0 Å². The molecule has 2 nitrogen and oxygen atoms in total. The summed E-state index contributed by atoms with van der Waals surface area (Å²) < 4.78 is 13.0. The van der Waals surface area contributed by atoms with Crippen molar-refractivity contribution in [3.63, 3.8) is 0 Å². The average Bonchev–Trinajstić information content (AvgIpc) is 2.28. The van der Waals surface area contributed by atoms with Crippen LogP contribution in [0.1, 0.15) is 5.56 Å². The minimum Gasteiger partial charge on any atom is -0.508 e. The molecule has 3 heteroatoms. The summed E-state index contributed by atoms with van der Waals surface area (Å²) in [6.45, 7) is 0. The molecule has 0 aromatic heterocycles. The maximum atomic E-state index is 13.0. The van der Waals surface area contributed by atoms with Crippen LogP contribution in [0, 0.1) is 17.1 Å². The number of hydrogen-bond acceptors (Lipinski definition) is 2. The summed E-state index contributed by atoms with van der Waals surface area (Å²) in [6.07, 6.45) is 0. The van der Waals surface area contributed by atoms with E-state index < -0.39 is 5.82 Å². The standard InChI is InChI=1S/C13H8FNO/c14-12-5-11(6-13(16)7-12)10-3-1-9(8-15)2-4-10/h1-7,16H. The van der Waals surface area contributed by atoms with Gasteiger partial charge in [-0.25, -0.2) is 4.39 Å². The predicted octanol–water partition coefficient (Wildman–Crippen LogP) is 3.07. The Labute approximate surface area is 92.2 Å². The van der Waals surface area contributed by atoms with Crippen LogP contribution in [-0.4, -0.2) is 5.11 Å². The van der Waals surface area contributed by atoms with Gasteiger partial charge in [-0.1, -0.05) is 12.1 Å². The SMILES string of the molecule is N#Cc1ccc(-c2cc(O)cc(F)c2)cc1. The third-order valence-corrected chi connectivity index (χ3v) is 2.23. The fourth-order valence-corrected chi connectivity index (χ4v) is 1.48. The van der Waals surface area contributed by atoms with Gasteiger partial charge in [0.1, 0.15) is 11.6 Å². The van der Waals surface area contributed by atoms with Crippen molar-refractivity contribution < 1.29 is 9.50 Å². The molecule has 0 aliphatic carbocycles. The molecule has 16 heavy (non-hydrogen) atoms. The molecule has 0 bridgehead atoms. The highest BCUT2D eigenvalue weighted by molar-refractivity contribution is 5.65. The molecule has 0 aliphatic rings. The Morgan fingerprint density at radius 3 is 2.25 bits per heavy atom. The van der Waals surface area contributed by atoms with Gasteiger partial charge in [-0.2, -0.15) is 5.26 Å². The summed E-state index contributed by atoms with van der Waals surface area (Å²) in [6, 6.07) is 12.6. The predicted molar refractivity (Wildman–Crippen MR) is 58.2 cm³/mol. The summed E-state index contributed by atoms with van der Waals surface area (Å²) in [5, 5.41) is 17.9. The lowest BCUT2D eigenvalue weighted by atomic mass is 10.0. The third-order valence-electron chi connectivity index (χ3n) is 2.23. The van der Waals surface area contributed by atoms with E-state index in [1.807, 2.05) is 6.07 Å². The maximum absolute atomic E-state index is 13.0. The zero-order valence-electron chi connectivity index (χ0n) is 8.31. The second-order valence-electron chi connectivity index (χ2n) is 3.39. The first kappa shape index (κ1) is 10.2. The first-order chi connectivity index (χ1) is 7.69. The lowest BCUT2D eigenvalue weighted by Gasteiger charge is -2.02. The maximum Gasteiger partial charge on any atom is 0.127 e. The quantitative estimate of drug-likeness (QED) is 0.791. The van der Waals surface area contributed by atoms with E-state index in [9.17, 15) is 9.50 Å².